The Hall–Kier alpha value is -2.08. The molecule has 2 aromatic rings. The van der Waals surface area contributed by atoms with E-state index in [4.69, 9.17) is 4.74 Å². The number of benzene rings is 2. The fourth-order valence-electron chi connectivity index (χ4n) is 4.40. The normalized spacial score (nSPS) is 27.0. The Kier molecular flexibility index (Phi) is 7.08. The average molecular weight is 466 g/mol. The highest BCUT2D eigenvalue weighted by Gasteiger charge is 2.47. The van der Waals surface area contributed by atoms with Crippen LogP contribution in [0.4, 0.5) is 10.1 Å². The van der Waals surface area contributed by atoms with Crippen molar-refractivity contribution in [2.24, 2.45) is 0 Å². The van der Waals surface area contributed by atoms with E-state index < -0.39 is 40.2 Å². The molecule has 0 aromatic heterocycles. The van der Waals surface area contributed by atoms with E-state index in [-0.39, 0.29) is 18.0 Å². The molecule has 0 bridgehead atoms. The standard InChI is InChI=1S/C22H28FN3O5S/c23-16-6-8-18(9-7-16)32(29,30)24-14-19-21(22(28)20(15-27)31-19)26-12-10-25(11-13-26)17-4-2-1-3-5-17/h1-9,19-22,24,27-28H,10-15H2/t19-,20+,21+,22-/m1/s1. The van der Waals surface area contributed by atoms with E-state index in [2.05, 4.69) is 26.7 Å². The summed E-state index contributed by atoms with van der Waals surface area (Å²) in [6.07, 6.45) is -2.36. The summed E-state index contributed by atoms with van der Waals surface area (Å²) in [5.41, 5.74) is 1.13. The van der Waals surface area contributed by atoms with Crippen LogP contribution in [0.3, 0.4) is 0 Å². The van der Waals surface area contributed by atoms with Crippen LogP contribution in [-0.2, 0) is 14.8 Å². The minimum atomic E-state index is -3.87. The van der Waals surface area contributed by atoms with Crippen LogP contribution in [0, 0.1) is 5.82 Å². The van der Waals surface area contributed by atoms with Gasteiger partial charge in [-0.25, -0.2) is 17.5 Å². The van der Waals surface area contributed by atoms with Gasteiger partial charge in [0.15, 0.2) is 0 Å². The predicted molar refractivity (Wildman–Crippen MR) is 117 cm³/mol. The van der Waals surface area contributed by atoms with Gasteiger partial charge in [0.1, 0.15) is 18.0 Å². The van der Waals surface area contributed by atoms with Gasteiger partial charge >= 0.3 is 0 Å². The Bertz CT molecular complexity index is 984. The fourth-order valence-corrected chi connectivity index (χ4v) is 5.45. The second-order valence-corrected chi connectivity index (χ2v) is 9.81. The number of halogens is 1. The lowest BCUT2D eigenvalue weighted by Crippen LogP contribution is -2.57. The Morgan fingerprint density at radius 3 is 2.28 bits per heavy atom. The van der Waals surface area contributed by atoms with Crippen LogP contribution in [0.25, 0.3) is 0 Å². The maximum atomic E-state index is 13.1. The van der Waals surface area contributed by atoms with Crippen LogP contribution in [0.5, 0.6) is 0 Å². The maximum absolute atomic E-state index is 13.1. The zero-order valence-electron chi connectivity index (χ0n) is 17.5. The van der Waals surface area contributed by atoms with Crippen LogP contribution >= 0.6 is 0 Å². The van der Waals surface area contributed by atoms with Crippen LogP contribution in [0.2, 0.25) is 0 Å². The lowest BCUT2D eigenvalue weighted by Gasteiger charge is -2.41. The largest absolute Gasteiger partial charge is 0.394 e. The Balaban J connectivity index is 1.42. The molecule has 2 aliphatic heterocycles. The number of hydrogen-bond acceptors (Lipinski definition) is 7. The second-order valence-electron chi connectivity index (χ2n) is 8.04. The van der Waals surface area contributed by atoms with Crippen molar-refractivity contribution in [3.05, 3.63) is 60.4 Å². The first kappa shape index (κ1) is 23.1. The molecule has 4 atom stereocenters. The number of hydrogen-bond donors (Lipinski definition) is 3. The molecule has 174 valence electrons. The number of sulfonamides is 1. The third-order valence-electron chi connectivity index (χ3n) is 6.10. The van der Waals surface area contributed by atoms with Gasteiger partial charge in [0.05, 0.1) is 23.6 Å². The number of aliphatic hydroxyl groups is 2. The monoisotopic (exact) mass is 465 g/mol. The lowest BCUT2D eigenvalue weighted by molar-refractivity contribution is -0.0201. The summed E-state index contributed by atoms with van der Waals surface area (Å²) in [4.78, 5) is 4.30. The van der Waals surface area contributed by atoms with Crippen molar-refractivity contribution in [2.75, 3.05) is 44.2 Å². The highest BCUT2D eigenvalue weighted by Crippen LogP contribution is 2.28. The third kappa shape index (κ3) is 4.95. The molecule has 0 spiro atoms. The molecule has 0 saturated carbocycles. The Morgan fingerprint density at radius 1 is 1.00 bits per heavy atom. The van der Waals surface area contributed by atoms with Gasteiger partial charge in [0.2, 0.25) is 10.0 Å². The first-order chi connectivity index (χ1) is 15.4. The molecule has 0 radical (unpaired) electrons. The highest BCUT2D eigenvalue weighted by molar-refractivity contribution is 7.89. The molecule has 32 heavy (non-hydrogen) atoms. The molecule has 2 heterocycles. The number of rotatable bonds is 7. The quantitative estimate of drug-likeness (QED) is 0.545. The molecule has 4 rings (SSSR count). The van der Waals surface area contributed by atoms with Crippen molar-refractivity contribution in [3.63, 3.8) is 0 Å². The van der Waals surface area contributed by atoms with Gasteiger partial charge in [-0.1, -0.05) is 18.2 Å². The van der Waals surface area contributed by atoms with Gasteiger partial charge in [-0.15, -0.1) is 0 Å². The van der Waals surface area contributed by atoms with Crippen molar-refractivity contribution in [1.29, 1.82) is 0 Å². The zero-order chi connectivity index (χ0) is 22.7. The van der Waals surface area contributed by atoms with Crippen LogP contribution in [0.15, 0.2) is 59.5 Å². The van der Waals surface area contributed by atoms with E-state index in [0.717, 1.165) is 30.9 Å². The summed E-state index contributed by atoms with van der Waals surface area (Å²) in [6.45, 7) is 2.41. The van der Waals surface area contributed by atoms with Crippen molar-refractivity contribution in [2.45, 2.75) is 29.2 Å². The number of anilines is 1. The maximum Gasteiger partial charge on any atom is 0.240 e. The van der Waals surface area contributed by atoms with Gasteiger partial charge in [-0.3, -0.25) is 4.90 Å². The van der Waals surface area contributed by atoms with Gasteiger partial charge < -0.3 is 19.8 Å². The average Bonchev–Trinajstić information content (AvgIpc) is 3.14. The van der Waals surface area contributed by atoms with E-state index in [1.165, 1.54) is 12.1 Å². The second kappa shape index (κ2) is 9.82. The number of nitrogens with one attached hydrogen (secondary N) is 1. The van der Waals surface area contributed by atoms with Gasteiger partial charge in [-0.2, -0.15) is 0 Å². The van der Waals surface area contributed by atoms with E-state index in [1.807, 2.05) is 18.2 Å². The zero-order valence-corrected chi connectivity index (χ0v) is 18.4. The van der Waals surface area contributed by atoms with Crippen molar-refractivity contribution in [3.8, 4) is 0 Å². The lowest BCUT2D eigenvalue weighted by atomic mass is 10.0. The smallest absolute Gasteiger partial charge is 0.240 e. The number of piperazine rings is 1. The molecular formula is C22H28FN3O5S. The summed E-state index contributed by atoms with van der Waals surface area (Å²) in [6, 6.07) is 14.2. The number of nitrogens with zero attached hydrogens (tertiary/aromatic N) is 2. The molecule has 0 unspecified atom stereocenters. The van der Waals surface area contributed by atoms with Crippen molar-refractivity contribution < 1.29 is 27.8 Å². The molecular weight excluding hydrogens is 437 g/mol. The molecule has 0 amide bonds. The van der Waals surface area contributed by atoms with Crippen LogP contribution in [-0.4, -0.2) is 87.2 Å². The minimum Gasteiger partial charge on any atom is -0.394 e. The van der Waals surface area contributed by atoms with Crippen LogP contribution in [0.1, 0.15) is 0 Å². The van der Waals surface area contributed by atoms with E-state index >= 15 is 0 Å². The SMILES string of the molecule is O=S(=O)(NC[C@H]1O[C@@H](CO)[C@@H](O)[C@H]1N1CCN(c2ccccc2)CC1)c1ccc(F)cc1. The number of para-hydroxylation sites is 1. The molecule has 2 saturated heterocycles. The van der Waals surface area contributed by atoms with E-state index in [1.54, 1.807) is 0 Å². The summed E-state index contributed by atoms with van der Waals surface area (Å²) in [5, 5.41) is 20.4. The Morgan fingerprint density at radius 2 is 1.66 bits per heavy atom. The van der Waals surface area contributed by atoms with Gasteiger partial charge in [0, 0.05) is 38.4 Å². The Labute approximate surface area is 187 Å². The summed E-state index contributed by atoms with van der Waals surface area (Å²) >= 11 is 0. The topological polar surface area (TPSA) is 102 Å². The summed E-state index contributed by atoms with van der Waals surface area (Å²) < 4.78 is 46.6. The summed E-state index contributed by atoms with van der Waals surface area (Å²) in [7, 11) is -3.87. The summed E-state index contributed by atoms with van der Waals surface area (Å²) in [5.74, 6) is -0.522. The molecule has 3 N–H and O–H groups in total. The van der Waals surface area contributed by atoms with Crippen LogP contribution < -0.4 is 9.62 Å². The highest BCUT2D eigenvalue weighted by atomic mass is 32.2. The van der Waals surface area contributed by atoms with Crippen molar-refractivity contribution >= 4 is 15.7 Å². The number of aliphatic hydroxyl groups excluding tert-OH is 2. The number of ether oxygens (including phenoxy) is 1. The van der Waals surface area contributed by atoms with Gasteiger partial charge in [-0.05, 0) is 36.4 Å². The van der Waals surface area contributed by atoms with Gasteiger partial charge in [0.25, 0.3) is 0 Å². The first-order valence-electron chi connectivity index (χ1n) is 10.6. The van der Waals surface area contributed by atoms with E-state index in [9.17, 15) is 23.0 Å². The van der Waals surface area contributed by atoms with Crippen molar-refractivity contribution in [1.82, 2.24) is 9.62 Å². The molecule has 8 nitrogen and oxygen atoms in total. The molecule has 0 aliphatic carbocycles. The molecule has 2 fully saturated rings. The first-order valence-corrected chi connectivity index (χ1v) is 12.1. The molecule has 10 heteroatoms. The fraction of sp³-hybridized carbons (Fsp3) is 0.455. The molecule has 2 aromatic carbocycles. The van der Waals surface area contributed by atoms with E-state index in [0.29, 0.717) is 13.1 Å². The molecule has 2 aliphatic rings. The predicted octanol–water partition coefficient (Wildman–Crippen LogP) is 0.415. The third-order valence-corrected chi connectivity index (χ3v) is 7.54. The minimum absolute atomic E-state index is 0.0517.